The van der Waals surface area contributed by atoms with Crippen LogP contribution >= 0.6 is 24.1 Å². The van der Waals surface area contributed by atoms with Crippen LogP contribution in [0.25, 0.3) is 21.5 Å². The third-order valence-corrected chi connectivity index (χ3v) is 10.4. The van der Waals surface area contributed by atoms with Crippen LogP contribution in [0.3, 0.4) is 0 Å². The molecule has 21 nitrogen and oxygen atoms in total. The number of hydrogen-bond donors (Lipinski definition) is 8. The molecule has 0 heterocycles. The summed E-state index contributed by atoms with van der Waals surface area (Å²) in [6.07, 6.45) is -1.31. The lowest BCUT2D eigenvalue weighted by atomic mass is 10.1. The van der Waals surface area contributed by atoms with E-state index in [4.69, 9.17) is 21.0 Å². The van der Waals surface area contributed by atoms with Crippen molar-refractivity contribution in [3.05, 3.63) is 66.2 Å². The summed E-state index contributed by atoms with van der Waals surface area (Å²) >= 11 is 0.838. The van der Waals surface area contributed by atoms with Crippen molar-refractivity contribution in [3.8, 4) is 11.5 Å². The molecule has 0 fully saturated rings. The number of aromatic hydroxyl groups is 1. The van der Waals surface area contributed by atoms with E-state index in [1.807, 2.05) is 0 Å². The predicted molar refractivity (Wildman–Crippen MR) is 193 cm³/mol. The Morgan fingerprint density at radius 2 is 1.47 bits per heavy atom. The summed E-state index contributed by atoms with van der Waals surface area (Å²) in [7, 11) is -9.49. The Morgan fingerprint density at radius 1 is 0.782 bits per heavy atom. The van der Waals surface area contributed by atoms with E-state index in [-0.39, 0.29) is 54.4 Å². The average Bonchev–Trinajstić information content (AvgIpc) is 3.13. The number of ether oxygens (including phenoxy) is 1. The van der Waals surface area contributed by atoms with Crippen LogP contribution < -0.4 is 10.5 Å². The van der Waals surface area contributed by atoms with E-state index in [2.05, 4.69) is 39.2 Å². The molecule has 0 aliphatic rings. The summed E-state index contributed by atoms with van der Waals surface area (Å²) in [6, 6.07) is 13.1. The minimum Gasteiger partial charge on any atom is -0.505 e. The fourth-order valence-corrected chi connectivity index (χ4v) is 7.29. The molecule has 55 heavy (non-hydrogen) atoms. The van der Waals surface area contributed by atoms with E-state index in [9.17, 15) is 41.3 Å². The Bertz CT molecular complexity index is 2540. The fourth-order valence-electron chi connectivity index (χ4n) is 4.91. The van der Waals surface area contributed by atoms with Crippen LogP contribution in [0.2, 0.25) is 0 Å². The molecule has 25 heteroatoms. The summed E-state index contributed by atoms with van der Waals surface area (Å²) < 4.78 is 82.0. The third kappa shape index (κ3) is 10.00. The van der Waals surface area contributed by atoms with Crippen molar-refractivity contribution in [3.63, 3.8) is 0 Å². The topological polar surface area (TPSA) is 332 Å². The standard InChI is InChI=1S/C30H27N5O16S4/c1-14-4-24(34-35-29-26(53-51-49-40)6-16-7-28(55(44,45)46)22(31)10-21(16)30(29)38)25(47-13-18(37)12-36)11-23(14)33-32-17-3-2-15-5-19(52-50-48-39)9-27(20(15)8-17)54(41,42)43/h2-11,18,36-40H,12-13,31H2,1H3,(H,41,42,43)(H,44,45,46). The van der Waals surface area contributed by atoms with Crippen molar-refractivity contribution in [2.45, 2.75) is 32.6 Å². The van der Waals surface area contributed by atoms with Gasteiger partial charge >= 0.3 is 0 Å². The maximum Gasteiger partial charge on any atom is 0.296 e. The second-order valence-electron chi connectivity index (χ2n) is 11.1. The first kappa shape index (κ1) is 41.6. The number of rotatable bonds is 16. The van der Waals surface area contributed by atoms with Crippen molar-refractivity contribution in [1.82, 2.24) is 0 Å². The van der Waals surface area contributed by atoms with Crippen molar-refractivity contribution in [1.29, 1.82) is 0 Å². The molecule has 9 N–H and O–H groups in total. The number of aliphatic hydroxyl groups is 2. The molecule has 5 aromatic carbocycles. The highest BCUT2D eigenvalue weighted by atomic mass is 32.2. The molecule has 0 saturated heterocycles. The molecule has 0 radical (unpaired) electrons. The molecule has 5 aromatic rings. The van der Waals surface area contributed by atoms with Crippen LogP contribution in [0, 0.1) is 6.92 Å². The Balaban J connectivity index is 1.57. The molecule has 292 valence electrons. The number of aliphatic hydroxyl groups excluding tert-OH is 2. The Hall–Kier alpha value is -4.58. The molecule has 1 unspecified atom stereocenters. The zero-order valence-corrected chi connectivity index (χ0v) is 30.8. The SMILES string of the molecule is Cc1cc(N=Nc2c(SOOO)cc3cc(S(=O)(=O)O)c(N)cc3c2O)c(OCC(O)CO)cc1N=Nc1ccc2cc(SOOO)cc(S(=O)(=O)O)c2c1. The highest BCUT2D eigenvalue weighted by Crippen LogP contribution is 2.46. The van der Waals surface area contributed by atoms with Crippen molar-refractivity contribution in [2.75, 3.05) is 18.9 Å². The quantitative estimate of drug-likeness (QED) is 0.0131. The Morgan fingerprint density at radius 3 is 2.15 bits per heavy atom. The summed E-state index contributed by atoms with van der Waals surface area (Å²) in [5, 5.41) is 72.1. The van der Waals surface area contributed by atoms with Crippen molar-refractivity contribution in [2.24, 2.45) is 20.5 Å². The molecule has 0 saturated carbocycles. The van der Waals surface area contributed by atoms with Gasteiger partial charge in [0.15, 0.2) is 5.75 Å². The molecule has 0 spiro atoms. The van der Waals surface area contributed by atoms with Gasteiger partial charge in [0.1, 0.15) is 39.6 Å². The van der Waals surface area contributed by atoms with Gasteiger partial charge in [-0.1, -0.05) is 16.1 Å². The van der Waals surface area contributed by atoms with E-state index in [1.54, 1.807) is 6.92 Å². The number of phenolic OH excluding ortho intramolecular Hbond substituents is 1. The zero-order chi connectivity index (χ0) is 40.1. The number of aryl methyl sites for hydroxylation is 1. The van der Waals surface area contributed by atoms with Gasteiger partial charge in [-0.2, -0.15) is 27.1 Å². The number of hydrogen-bond acceptors (Lipinski definition) is 21. The van der Waals surface area contributed by atoms with E-state index < -0.39 is 60.8 Å². The average molecular weight is 842 g/mol. The second-order valence-corrected chi connectivity index (χ2v) is 15.4. The van der Waals surface area contributed by atoms with Gasteiger partial charge in [-0.25, -0.2) is 10.5 Å². The Labute approximate surface area is 318 Å². The van der Waals surface area contributed by atoms with Gasteiger partial charge in [-0.15, -0.1) is 18.9 Å². The van der Waals surface area contributed by atoms with Gasteiger partial charge in [0.05, 0.1) is 52.7 Å². The molecular formula is C30H27N5O16S4. The molecular weight excluding hydrogens is 815 g/mol. The van der Waals surface area contributed by atoms with Gasteiger partial charge < -0.3 is 25.8 Å². The lowest BCUT2D eigenvalue weighted by Gasteiger charge is -2.14. The minimum atomic E-state index is -4.75. The first-order chi connectivity index (χ1) is 26.0. The van der Waals surface area contributed by atoms with Crippen LogP contribution in [0.1, 0.15) is 5.56 Å². The number of benzene rings is 5. The zero-order valence-electron chi connectivity index (χ0n) is 27.6. The largest absolute Gasteiger partial charge is 0.505 e. The maximum atomic E-state index is 12.2. The number of anilines is 1. The van der Waals surface area contributed by atoms with Gasteiger partial charge in [0.25, 0.3) is 20.2 Å². The highest BCUT2D eigenvalue weighted by Gasteiger charge is 2.22. The monoisotopic (exact) mass is 841 g/mol. The van der Waals surface area contributed by atoms with Crippen molar-refractivity contribution < 1.29 is 75.3 Å². The van der Waals surface area contributed by atoms with Crippen LogP contribution in [0.4, 0.5) is 28.4 Å². The second kappa shape index (κ2) is 17.5. The first-order valence-electron chi connectivity index (χ1n) is 14.9. The molecule has 0 bridgehead atoms. The number of nitrogens with two attached hydrogens (primary N) is 1. The minimum absolute atomic E-state index is 0.00495. The normalized spacial score (nSPS) is 13.1. The van der Waals surface area contributed by atoms with Crippen LogP contribution in [0.15, 0.2) is 101 Å². The molecule has 5 rings (SSSR count). The van der Waals surface area contributed by atoms with Gasteiger partial charge in [-0.05, 0) is 71.8 Å². The summed E-state index contributed by atoms with van der Waals surface area (Å²) in [4.78, 5) is -1.02. The number of fused-ring (bicyclic) bond motifs is 2. The first-order valence-corrected chi connectivity index (χ1v) is 19.2. The molecule has 1 atom stereocenters. The summed E-state index contributed by atoms with van der Waals surface area (Å²) in [6.45, 7) is 0.549. The van der Waals surface area contributed by atoms with Gasteiger partial charge in [0, 0.05) is 21.7 Å². The number of nitrogen functional groups attached to an aromatic ring is 1. The lowest BCUT2D eigenvalue weighted by molar-refractivity contribution is -0.432. The summed E-state index contributed by atoms with van der Waals surface area (Å²) in [5.41, 5.74) is 5.93. The fraction of sp³-hybridized carbons (Fsp3) is 0.133. The number of azo groups is 2. The molecule has 0 aliphatic carbocycles. The van der Waals surface area contributed by atoms with E-state index >= 15 is 0 Å². The van der Waals surface area contributed by atoms with Crippen molar-refractivity contribution >= 4 is 94.3 Å². The number of phenols is 1. The van der Waals surface area contributed by atoms with Crippen LogP contribution in [0.5, 0.6) is 11.5 Å². The maximum absolute atomic E-state index is 12.2. The smallest absolute Gasteiger partial charge is 0.296 e. The summed E-state index contributed by atoms with van der Waals surface area (Å²) in [5.74, 6) is -0.622. The van der Waals surface area contributed by atoms with E-state index in [1.165, 1.54) is 42.5 Å². The molecule has 0 aliphatic heterocycles. The van der Waals surface area contributed by atoms with E-state index in [0.717, 1.165) is 18.2 Å². The van der Waals surface area contributed by atoms with Gasteiger partial charge in [-0.3, -0.25) is 9.11 Å². The third-order valence-electron chi connectivity index (χ3n) is 7.38. The van der Waals surface area contributed by atoms with Crippen LogP contribution in [-0.4, -0.2) is 71.1 Å². The van der Waals surface area contributed by atoms with Crippen LogP contribution in [-0.2, 0) is 39.0 Å². The predicted octanol–water partition coefficient (Wildman–Crippen LogP) is 6.50. The Kier molecular flexibility index (Phi) is 13.2. The number of nitrogens with zero attached hydrogens (tertiary/aromatic N) is 4. The molecule has 0 amide bonds. The van der Waals surface area contributed by atoms with E-state index in [0.29, 0.717) is 35.0 Å². The highest BCUT2D eigenvalue weighted by molar-refractivity contribution is 7.95. The van der Waals surface area contributed by atoms with Gasteiger partial charge in [0.2, 0.25) is 0 Å². The molecule has 0 aromatic heterocycles. The lowest BCUT2D eigenvalue weighted by Crippen LogP contribution is -2.21.